The summed E-state index contributed by atoms with van der Waals surface area (Å²) in [7, 11) is 0. The van der Waals surface area contributed by atoms with Crippen molar-refractivity contribution in [2.75, 3.05) is 0 Å². The van der Waals surface area contributed by atoms with Crippen molar-refractivity contribution in [3.8, 4) is 5.69 Å². The molecule has 1 atom stereocenters. The fraction of sp³-hybridized carbons (Fsp3) is 0.0667. The lowest BCUT2D eigenvalue weighted by molar-refractivity contribution is 0.213. The van der Waals surface area contributed by atoms with E-state index in [0.717, 1.165) is 23.9 Å². The highest BCUT2D eigenvalue weighted by Gasteiger charge is 2.16. The number of hydrogen-bond donors (Lipinski definition) is 1. The standard InChI is InChI=1S/C15H11F2N3O/c16-11-6-10(7-12(17)8-11)15(21)14-9-18-20(19-14)13-4-2-1-3-5-13/h1-9,15,21H. The Morgan fingerprint density at radius 3 is 2.33 bits per heavy atom. The maximum atomic E-state index is 13.2. The van der Waals surface area contributed by atoms with Crippen LogP contribution in [0.5, 0.6) is 0 Å². The second-order valence-corrected chi connectivity index (χ2v) is 4.50. The van der Waals surface area contributed by atoms with Crippen LogP contribution in [-0.2, 0) is 0 Å². The molecule has 0 aliphatic carbocycles. The fourth-order valence-electron chi connectivity index (χ4n) is 1.99. The highest BCUT2D eigenvalue weighted by Crippen LogP contribution is 2.22. The molecule has 3 aromatic rings. The van der Waals surface area contributed by atoms with Gasteiger partial charge in [-0.25, -0.2) is 8.78 Å². The molecule has 106 valence electrons. The van der Waals surface area contributed by atoms with E-state index in [1.54, 1.807) is 12.1 Å². The van der Waals surface area contributed by atoms with Crippen molar-refractivity contribution in [3.05, 3.63) is 77.6 Å². The summed E-state index contributed by atoms with van der Waals surface area (Å²) >= 11 is 0. The molecule has 6 heteroatoms. The maximum absolute atomic E-state index is 13.2. The Morgan fingerprint density at radius 2 is 1.67 bits per heavy atom. The summed E-state index contributed by atoms with van der Waals surface area (Å²) in [5.41, 5.74) is 1.03. The molecule has 2 aromatic carbocycles. The van der Waals surface area contributed by atoms with Gasteiger partial charge in [0, 0.05) is 6.07 Å². The second-order valence-electron chi connectivity index (χ2n) is 4.50. The van der Waals surface area contributed by atoms with Crippen LogP contribution in [0, 0.1) is 11.6 Å². The van der Waals surface area contributed by atoms with E-state index in [2.05, 4.69) is 10.2 Å². The average Bonchev–Trinajstić information content (AvgIpc) is 2.96. The third kappa shape index (κ3) is 2.80. The molecule has 0 aliphatic heterocycles. The summed E-state index contributed by atoms with van der Waals surface area (Å²) < 4.78 is 26.4. The Bertz CT molecular complexity index is 738. The van der Waals surface area contributed by atoms with Crippen LogP contribution in [0.25, 0.3) is 5.69 Å². The molecular weight excluding hydrogens is 276 g/mol. The van der Waals surface area contributed by atoms with E-state index in [1.807, 2.05) is 18.2 Å². The molecular formula is C15H11F2N3O. The molecule has 1 aromatic heterocycles. The van der Waals surface area contributed by atoms with Gasteiger partial charge >= 0.3 is 0 Å². The van der Waals surface area contributed by atoms with Gasteiger partial charge in [0.05, 0.1) is 11.9 Å². The van der Waals surface area contributed by atoms with Gasteiger partial charge in [-0.15, -0.1) is 0 Å². The first-order valence-electron chi connectivity index (χ1n) is 6.25. The summed E-state index contributed by atoms with van der Waals surface area (Å²) in [6.45, 7) is 0. The van der Waals surface area contributed by atoms with E-state index in [1.165, 1.54) is 11.0 Å². The van der Waals surface area contributed by atoms with Crippen molar-refractivity contribution < 1.29 is 13.9 Å². The van der Waals surface area contributed by atoms with Gasteiger partial charge in [-0.3, -0.25) is 0 Å². The van der Waals surface area contributed by atoms with Crippen molar-refractivity contribution in [1.29, 1.82) is 0 Å². The van der Waals surface area contributed by atoms with Crippen LogP contribution < -0.4 is 0 Å². The van der Waals surface area contributed by atoms with Gasteiger partial charge in [-0.1, -0.05) is 18.2 Å². The van der Waals surface area contributed by atoms with Gasteiger partial charge in [-0.05, 0) is 29.8 Å². The molecule has 0 saturated carbocycles. The number of aromatic nitrogens is 3. The van der Waals surface area contributed by atoms with E-state index < -0.39 is 17.7 Å². The van der Waals surface area contributed by atoms with Crippen LogP contribution >= 0.6 is 0 Å². The van der Waals surface area contributed by atoms with Crippen LogP contribution in [0.4, 0.5) is 8.78 Å². The van der Waals surface area contributed by atoms with Gasteiger partial charge < -0.3 is 5.11 Å². The molecule has 1 N–H and O–H groups in total. The first-order valence-corrected chi connectivity index (χ1v) is 6.25. The SMILES string of the molecule is OC(c1cc(F)cc(F)c1)c1cnn(-c2ccccc2)n1. The number of aliphatic hydroxyl groups is 1. The minimum Gasteiger partial charge on any atom is -0.382 e. The predicted molar refractivity (Wildman–Crippen MR) is 71.8 cm³/mol. The van der Waals surface area contributed by atoms with E-state index in [0.29, 0.717) is 0 Å². The molecule has 1 unspecified atom stereocenters. The summed E-state index contributed by atoms with van der Waals surface area (Å²) in [6.07, 6.45) is 0.119. The largest absolute Gasteiger partial charge is 0.382 e. The summed E-state index contributed by atoms with van der Waals surface area (Å²) in [4.78, 5) is 1.34. The van der Waals surface area contributed by atoms with Crippen molar-refractivity contribution >= 4 is 0 Å². The van der Waals surface area contributed by atoms with Crippen LogP contribution in [0.1, 0.15) is 17.4 Å². The third-order valence-electron chi connectivity index (χ3n) is 2.98. The first-order chi connectivity index (χ1) is 10.1. The number of benzene rings is 2. The highest BCUT2D eigenvalue weighted by atomic mass is 19.1. The molecule has 0 bridgehead atoms. The Balaban J connectivity index is 1.92. The number of halogens is 2. The van der Waals surface area contributed by atoms with Crippen molar-refractivity contribution in [2.45, 2.75) is 6.10 Å². The summed E-state index contributed by atoms with van der Waals surface area (Å²) in [6, 6.07) is 12.0. The molecule has 0 saturated heterocycles. The molecule has 0 aliphatic rings. The van der Waals surface area contributed by atoms with Gasteiger partial charge in [0.15, 0.2) is 0 Å². The maximum Gasteiger partial charge on any atom is 0.126 e. The molecule has 3 rings (SSSR count). The molecule has 0 spiro atoms. The number of aliphatic hydroxyl groups excluding tert-OH is 1. The molecule has 1 heterocycles. The van der Waals surface area contributed by atoms with Gasteiger partial charge in [0.25, 0.3) is 0 Å². The van der Waals surface area contributed by atoms with E-state index in [9.17, 15) is 13.9 Å². The third-order valence-corrected chi connectivity index (χ3v) is 2.98. The van der Waals surface area contributed by atoms with Gasteiger partial charge in [-0.2, -0.15) is 15.0 Å². The Labute approximate surface area is 119 Å². The number of para-hydroxylation sites is 1. The van der Waals surface area contributed by atoms with Crippen LogP contribution in [0.15, 0.2) is 54.7 Å². The zero-order valence-electron chi connectivity index (χ0n) is 10.8. The number of hydrogen-bond acceptors (Lipinski definition) is 3. The zero-order valence-corrected chi connectivity index (χ0v) is 10.8. The van der Waals surface area contributed by atoms with Crippen LogP contribution in [-0.4, -0.2) is 20.1 Å². The van der Waals surface area contributed by atoms with E-state index >= 15 is 0 Å². The van der Waals surface area contributed by atoms with Crippen LogP contribution in [0.3, 0.4) is 0 Å². The minimum atomic E-state index is -1.24. The highest BCUT2D eigenvalue weighted by molar-refractivity contribution is 5.30. The fourth-order valence-corrected chi connectivity index (χ4v) is 1.99. The summed E-state index contributed by atoms with van der Waals surface area (Å²) in [5, 5.41) is 18.3. The quantitative estimate of drug-likeness (QED) is 0.805. The normalized spacial score (nSPS) is 12.3. The van der Waals surface area contributed by atoms with Gasteiger partial charge in [0.2, 0.25) is 0 Å². The Hall–Kier alpha value is -2.60. The second kappa shape index (κ2) is 5.41. The lowest BCUT2D eigenvalue weighted by Crippen LogP contribution is -2.04. The molecule has 0 fully saturated rings. The first kappa shape index (κ1) is 13.4. The van der Waals surface area contributed by atoms with Crippen molar-refractivity contribution in [3.63, 3.8) is 0 Å². The van der Waals surface area contributed by atoms with E-state index in [-0.39, 0.29) is 11.3 Å². The Morgan fingerprint density at radius 1 is 1.00 bits per heavy atom. The molecule has 0 radical (unpaired) electrons. The number of rotatable bonds is 3. The smallest absolute Gasteiger partial charge is 0.126 e. The minimum absolute atomic E-state index is 0.0904. The van der Waals surface area contributed by atoms with E-state index in [4.69, 9.17) is 0 Å². The Kier molecular flexibility index (Phi) is 3.45. The monoisotopic (exact) mass is 287 g/mol. The average molecular weight is 287 g/mol. The molecule has 0 amide bonds. The lowest BCUT2D eigenvalue weighted by atomic mass is 10.1. The molecule has 4 nitrogen and oxygen atoms in total. The summed E-state index contributed by atoms with van der Waals surface area (Å²) in [5.74, 6) is -1.50. The van der Waals surface area contributed by atoms with Gasteiger partial charge in [0.1, 0.15) is 23.4 Å². The van der Waals surface area contributed by atoms with Crippen LogP contribution in [0.2, 0.25) is 0 Å². The molecule has 21 heavy (non-hydrogen) atoms. The lowest BCUT2D eigenvalue weighted by Gasteiger charge is -2.08. The topological polar surface area (TPSA) is 50.9 Å². The van der Waals surface area contributed by atoms with Crippen molar-refractivity contribution in [2.24, 2.45) is 0 Å². The predicted octanol–water partition coefficient (Wildman–Crippen LogP) is 2.63. The zero-order chi connectivity index (χ0) is 14.8. The number of nitrogens with zero attached hydrogens (tertiary/aromatic N) is 3. The van der Waals surface area contributed by atoms with Crippen molar-refractivity contribution in [1.82, 2.24) is 15.0 Å².